The fourth-order valence-corrected chi connectivity index (χ4v) is 1.76. The molecule has 0 aromatic heterocycles. The third kappa shape index (κ3) is 3.01. The summed E-state index contributed by atoms with van der Waals surface area (Å²) in [5, 5.41) is 36.5. The molecule has 0 saturated carbocycles. The molecule has 1 saturated heterocycles. The molecule has 116 valence electrons. The summed E-state index contributed by atoms with van der Waals surface area (Å²) in [6.07, 6.45) is 1.94. The van der Waals surface area contributed by atoms with E-state index in [1.165, 1.54) is 5.48 Å². The Hall–Kier alpha value is -2.06. The number of ether oxygens (including phenoxy) is 1. The van der Waals surface area contributed by atoms with Crippen LogP contribution in [0.1, 0.15) is 6.92 Å². The predicted molar refractivity (Wildman–Crippen MR) is 68.3 cm³/mol. The monoisotopic (exact) mass is 302 g/mol. The number of hydrogen-bond donors (Lipinski definition) is 6. The number of nitrogens with zero attached hydrogens (tertiary/aromatic N) is 1. The van der Waals surface area contributed by atoms with Crippen molar-refractivity contribution in [2.75, 3.05) is 6.61 Å². The van der Waals surface area contributed by atoms with E-state index >= 15 is 0 Å². The maximum atomic E-state index is 14.5. The van der Waals surface area contributed by atoms with Crippen LogP contribution in [0, 0.1) is 17.8 Å². The summed E-state index contributed by atoms with van der Waals surface area (Å²) in [6.45, 7) is 0.0823. The van der Waals surface area contributed by atoms with Crippen molar-refractivity contribution in [1.82, 2.24) is 10.8 Å². The van der Waals surface area contributed by atoms with Crippen molar-refractivity contribution in [2.24, 2.45) is 4.99 Å². The number of aliphatic imine (C=N–C) groups is 1. The van der Waals surface area contributed by atoms with Gasteiger partial charge in [-0.05, 0) is 6.92 Å². The topological polar surface area (TPSA) is 147 Å². The molecular weight excluding hydrogens is 287 g/mol. The third-order valence-electron chi connectivity index (χ3n) is 2.99. The molecule has 0 spiro atoms. The molecule has 0 bridgehead atoms. The highest BCUT2D eigenvalue weighted by Gasteiger charge is 2.62. The van der Waals surface area contributed by atoms with E-state index in [-0.39, 0.29) is 0 Å². The van der Waals surface area contributed by atoms with Crippen molar-refractivity contribution < 1.29 is 29.3 Å². The lowest BCUT2D eigenvalue weighted by atomic mass is 9.90. The van der Waals surface area contributed by atoms with Crippen LogP contribution in [0.15, 0.2) is 4.99 Å². The average Bonchev–Trinajstić information content (AvgIpc) is 2.67. The fourth-order valence-electron chi connectivity index (χ4n) is 1.76. The summed E-state index contributed by atoms with van der Waals surface area (Å²) >= 11 is 0. The SMILES string of the molecule is C#C[C@]1(CO)O[C@@H](N=C(NO)NC(=O)C=N)[C@](C)(F)[C@@H]1O. The van der Waals surface area contributed by atoms with Crippen molar-refractivity contribution in [1.29, 1.82) is 5.41 Å². The molecule has 10 heteroatoms. The van der Waals surface area contributed by atoms with E-state index in [0.717, 1.165) is 6.92 Å². The molecule has 6 N–H and O–H groups in total. The number of aliphatic hydroxyl groups excluding tert-OH is 2. The smallest absolute Gasteiger partial charge is 0.268 e. The number of carbonyl (C=O) groups is 1. The Bertz CT molecular complexity index is 503. The third-order valence-corrected chi connectivity index (χ3v) is 2.99. The van der Waals surface area contributed by atoms with Crippen molar-refractivity contribution in [3.63, 3.8) is 0 Å². The first-order valence-electron chi connectivity index (χ1n) is 5.70. The number of halogens is 1. The predicted octanol–water partition coefficient (Wildman–Crippen LogP) is -2.10. The molecule has 1 aliphatic rings. The molecule has 0 aromatic carbocycles. The minimum absolute atomic E-state index is 0.394. The van der Waals surface area contributed by atoms with Crippen LogP contribution in [0.2, 0.25) is 0 Å². The Morgan fingerprint density at radius 1 is 1.71 bits per heavy atom. The first kappa shape index (κ1) is 17.0. The normalized spacial score (nSPS) is 35.9. The Balaban J connectivity index is 3.10. The number of rotatable bonds is 3. The van der Waals surface area contributed by atoms with Gasteiger partial charge in [0.1, 0.15) is 6.10 Å². The van der Waals surface area contributed by atoms with Gasteiger partial charge in [0.2, 0.25) is 5.96 Å². The highest BCUT2D eigenvalue weighted by atomic mass is 19.1. The standard InChI is InChI=1S/C11H15FN4O5/c1-3-11(5-17)7(19)10(2,12)8(21-11)15-9(16-20)14-6(18)4-13/h1,4,7-8,13,17,19-20H,5H2,2H3,(H2,14,15,16,18)/t7-,8+,10+,11+/m0/s1. The van der Waals surface area contributed by atoms with E-state index < -0.39 is 42.1 Å². The van der Waals surface area contributed by atoms with Crippen molar-refractivity contribution in [3.8, 4) is 12.3 Å². The van der Waals surface area contributed by atoms with E-state index in [4.69, 9.17) is 21.8 Å². The zero-order valence-electron chi connectivity index (χ0n) is 11.0. The Kier molecular flexibility index (Phi) is 4.97. The lowest BCUT2D eigenvalue weighted by Gasteiger charge is -2.25. The maximum absolute atomic E-state index is 14.5. The zero-order valence-corrected chi connectivity index (χ0v) is 11.0. The van der Waals surface area contributed by atoms with Gasteiger partial charge in [0.15, 0.2) is 17.5 Å². The molecule has 0 unspecified atom stereocenters. The number of hydroxylamine groups is 1. The summed E-state index contributed by atoms with van der Waals surface area (Å²) in [5.74, 6) is 0.408. The lowest BCUT2D eigenvalue weighted by Crippen LogP contribution is -2.49. The van der Waals surface area contributed by atoms with Crippen LogP contribution in [0.25, 0.3) is 0 Å². The van der Waals surface area contributed by atoms with Crippen LogP contribution < -0.4 is 10.8 Å². The van der Waals surface area contributed by atoms with Gasteiger partial charge in [0.25, 0.3) is 5.91 Å². The molecule has 0 aliphatic carbocycles. The van der Waals surface area contributed by atoms with Crippen LogP contribution in [0.5, 0.6) is 0 Å². The van der Waals surface area contributed by atoms with Crippen molar-refractivity contribution in [2.45, 2.75) is 30.5 Å². The van der Waals surface area contributed by atoms with Crippen LogP contribution in [-0.2, 0) is 9.53 Å². The summed E-state index contributed by atoms with van der Waals surface area (Å²) < 4.78 is 19.6. The van der Waals surface area contributed by atoms with Crippen molar-refractivity contribution >= 4 is 18.1 Å². The van der Waals surface area contributed by atoms with Crippen LogP contribution >= 0.6 is 0 Å². The summed E-state index contributed by atoms with van der Waals surface area (Å²) in [4.78, 5) is 14.5. The molecule has 9 nitrogen and oxygen atoms in total. The minimum atomic E-state index is -2.49. The molecule has 4 atom stereocenters. The van der Waals surface area contributed by atoms with E-state index in [1.807, 2.05) is 11.2 Å². The molecular formula is C11H15FN4O5. The molecule has 1 rings (SSSR count). The second-order valence-corrected chi connectivity index (χ2v) is 4.44. The Morgan fingerprint density at radius 2 is 2.33 bits per heavy atom. The molecule has 21 heavy (non-hydrogen) atoms. The number of alkyl halides is 1. The van der Waals surface area contributed by atoms with E-state index in [1.54, 1.807) is 0 Å². The van der Waals surface area contributed by atoms with E-state index in [9.17, 15) is 19.4 Å². The summed E-state index contributed by atoms with van der Waals surface area (Å²) in [5.41, 5.74) is -3.01. The van der Waals surface area contributed by atoms with Gasteiger partial charge in [-0.2, -0.15) is 0 Å². The van der Waals surface area contributed by atoms with Gasteiger partial charge < -0.3 is 20.4 Å². The Labute approximate surface area is 119 Å². The molecule has 1 amide bonds. The number of guanidine groups is 1. The van der Waals surface area contributed by atoms with Gasteiger partial charge in [-0.1, -0.05) is 5.92 Å². The summed E-state index contributed by atoms with van der Waals surface area (Å²) in [7, 11) is 0. The molecule has 1 heterocycles. The van der Waals surface area contributed by atoms with E-state index in [0.29, 0.717) is 6.21 Å². The molecule has 1 aliphatic heterocycles. The van der Waals surface area contributed by atoms with E-state index in [2.05, 4.69) is 4.99 Å². The zero-order chi connectivity index (χ0) is 16.3. The second kappa shape index (κ2) is 6.15. The van der Waals surface area contributed by atoms with Gasteiger partial charge in [-0.15, -0.1) is 6.42 Å². The van der Waals surface area contributed by atoms with Crippen molar-refractivity contribution in [3.05, 3.63) is 0 Å². The highest BCUT2D eigenvalue weighted by molar-refractivity contribution is 6.28. The number of terminal acetylenes is 1. The number of nitrogens with one attached hydrogen (secondary N) is 3. The maximum Gasteiger partial charge on any atom is 0.268 e. The second-order valence-electron chi connectivity index (χ2n) is 4.44. The summed E-state index contributed by atoms with van der Waals surface area (Å²) in [6, 6.07) is 0. The molecule has 0 radical (unpaired) electrons. The number of aliphatic hydroxyl groups is 2. The number of hydrogen-bond acceptors (Lipinski definition) is 7. The van der Waals surface area contributed by atoms with Crippen LogP contribution in [0.3, 0.4) is 0 Å². The van der Waals surface area contributed by atoms with Gasteiger partial charge in [0, 0.05) is 0 Å². The fraction of sp³-hybridized carbons (Fsp3) is 0.545. The quantitative estimate of drug-likeness (QED) is 0.152. The number of carbonyl (C=O) groups excluding carboxylic acids is 1. The molecule has 0 aromatic rings. The minimum Gasteiger partial charge on any atom is -0.392 e. The largest absolute Gasteiger partial charge is 0.392 e. The van der Waals surface area contributed by atoms with Crippen LogP contribution in [0.4, 0.5) is 4.39 Å². The lowest BCUT2D eigenvalue weighted by molar-refractivity contribution is -0.113. The first-order chi connectivity index (χ1) is 9.77. The Morgan fingerprint density at radius 3 is 2.71 bits per heavy atom. The van der Waals surface area contributed by atoms with Gasteiger partial charge in [0.05, 0.1) is 12.8 Å². The average molecular weight is 302 g/mol. The first-order valence-corrected chi connectivity index (χ1v) is 5.70. The van der Waals surface area contributed by atoms with Gasteiger partial charge >= 0.3 is 0 Å². The molecule has 1 fully saturated rings. The number of amides is 1. The van der Waals surface area contributed by atoms with Crippen LogP contribution in [-0.4, -0.2) is 63.7 Å². The highest BCUT2D eigenvalue weighted by Crippen LogP contribution is 2.41. The van der Waals surface area contributed by atoms with Gasteiger partial charge in [-0.25, -0.2) is 14.9 Å². The van der Waals surface area contributed by atoms with Gasteiger partial charge in [-0.3, -0.25) is 15.3 Å².